The Morgan fingerprint density at radius 3 is 1.03 bits per heavy atom. The summed E-state index contributed by atoms with van der Waals surface area (Å²) >= 11 is 0. The van der Waals surface area contributed by atoms with Crippen molar-refractivity contribution in [3.8, 4) is 0 Å². The molecule has 6 N–H and O–H groups in total. The Morgan fingerprint density at radius 2 is 0.725 bits per heavy atom. The summed E-state index contributed by atoms with van der Waals surface area (Å²) < 4.78 is 11.3. The van der Waals surface area contributed by atoms with Gasteiger partial charge in [-0.15, -0.1) is 0 Å². The molecule has 9 heteroatoms. The first kappa shape index (κ1) is 66.2. The van der Waals surface area contributed by atoms with Crippen molar-refractivity contribution in [2.24, 2.45) is 0 Å². The van der Waals surface area contributed by atoms with Crippen LogP contribution in [0.5, 0.6) is 0 Å². The lowest BCUT2D eigenvalue weighted by Crippen LogP contribution is -2.60. The SMILES string of the molecule is CCCCCCCCCCCCCCCCCCCCCCCCCCCC(O)C(COC1OC(CO)C(O)C(O)C1O)NC(=O)CCCCCCCCCCCCCCCCCCCCCCC. The molecular weight excluding hydrogens is 863 g/mol. The summed E-state index contributed by atoms with van der Waals surface area (Å²) in [4.78, 5) is 13.1. The van der Waals surface area contributed by atoms with Gasteiger partial charge in [-0.25, -0.2) is 0 Å². The summed E-state index contributed by atoms with van der Waals surface area (Å²) in [6.07, 6.45) is 54.2. The van der Waals surface area contributed by atoms with Crippen molar-refractivity contribution in [1.29, 1.82) is 0 Å². The Balaban J connectivity index is 2.16. The van der Waals surface area contributed by atoms with Crippen LogP contribution >= 0.6 is 0 Å². The lowest BCUT2D eigenvalue weighted by Gasteiger charge is -2.40. The third-order valence-electron chi connectivity index (χ3n) is 15.2. The largest absolute Gasteiger partial charge is 0.394 e. The molecule has 0 bridgehead atoms. The third-order valence-corrected chi connectivity index (χ3v) is 15.2. The molecule has 69 heavy (non-hydrogen) atoms. The molecule has 0 aromatic heterocycles. The molecule has 7 unspecified atom stereocenters. The first-order chi connectivity index (χ1) is 33.8. The Kier molecular flexibility index (Phi) is 48.7. The van der Waals surface area contributed by atoms with Crippen LogP contribution in [-0.4, -0.2) is 87.5 Å². The van der Waals surface area contributed by atoms with Gasteiger partial charge in [0.25, 0.3) is 0 Å². The highest BCUT2D eigenvalue weighted by Gasteiger charge is 2.44. The van der Waals surface area contributed by atoms with Gasteiger partial charge in [0, 0.05) is 6.42 Å². The van der Waals surface area contributed by atoms with Crippen molar-refractivity contribution in [3.63, 3.8) is 0 Å². The molecule has 0 aromatic rings. The van der Waals surface area contributed by atoms with E-state index in [2.05, 4.69) is 19.2 Å². The van der Waals surface area contributed by atoms with E-state index in [4.69, 9.17) is 9.47 Å². The molecule has 9 nitrogen and oxygen atoms in total. The maximum absolute atomic E-state index is 13.1. The molecule has 1 aliphatic heterocycles. The molecule has 0 saturated carbocycles. The second kappa shape index (κ2) is 50.7. The van der Waals surface area contributed by atoms with E-state index in [0.29, 0.717) is 12.8 Å². The maximum atomic E-state index is 13.1. The fourth-order valence-electron chi connectivity index (χ4n) is 10.3. The van der Waals surface area contributed by atoms with E-state index in [1.807, 2.05) is 0 Å². The molecule has 1 saturated heterocycles. The van der Waals surface area contributed by atoms with Gasteiger partial charge in [0.05, 0.1) is 25.4 Å². The maximum Gasteiger partial charge on any atom is 0.220 e. The Bertz CT molecular complexity index is 1050. The van der Waals surface area contributed by atoms with Crippen LogP contribution in [0.25, 0.3) is 0 Å². The highest BCUT2D eigenvalue weighted by Crippen LogP contribution is 2.24. The van der Waals surface area contributed by atoms with Gasteiger partial charge in [-0.3, -0.25) is 4.79 Å². The lowest BCUT2D eigenvalue weighted by atomic mass is 9.99. The summed E-state index contributed by atoms with van der Waals surface area (Å²) in [5.74, 6) is -0.135. The normalized spacial score (nSPS) is 19.3. The van der Waals surface area contributed by atoms with Crippen molar-refractivity contribution >= 4 is 5.91 Å². The molecule has 0 aliphatic carbocycles. The minimum absolute atomic E-state index is 0.131. The number of aliphatic hydroxyl groups is 5. The van der Waals surface area contributed by atoms with Gasteiger partial charge in [0.1, 0.15) is 24.4 Å². The van der Waals surface area contributed by atoms with E-state index >= 15 is 0 Å². The van der Waals surface area contributed by atoms with Crippen LogP contribution < -0.4 is 5.32 Å². The third kappa shape index (κ3) is 40.3. The van der Waals surface area contributed by atoms with Gasteiger partial charge in [-0.05, 0) is 12.8 Å². The molecule has 1 aliphatic rings. The predicted octanol–water partition coefficient (Wildman–Crippen LogP) is 15.4. The molecule has 0 spiro atoms. The van der Waals surface area contributed by atoms with Crippen molar-refractivity contribution in [1.82, 2.24) is 5.32 Å². The summed E-state index contributed by atoms with van der Waals surface area (Å²) in [5, 5.41) is 54.8. The average Bonchev–Trinajstić information content (AvgIpc) is 3.35. The van der Waals surface area contributed by atoms with E-state index in [9.17, 15) is 30.3 Å². The summed E-state index contributed by atoms with van der Waals surface area (Å²) in [6.45, 7) is 3.90. The van der Waals surface area contributed by atoms with Crippen LogP contribution in [0, 0.1) is 0 Å². The number of amides is 1. The molecule has 0 aromatic carbocycles. The Labute approximate surface area is 427 Å². The zero-order valence-corrected chi connectivity index (χ0v) is 45.9. The fourth-order valence-corrected chi connectivity index (χ4v) is 10.3. The molecule has 0 radical (unpaired) electrons. The number of carbonyl (C=O) groups is 1. The number of unbranched alkanes of at least 4 members (excludes halogenated alkanes) is 44. The zero-order chi connectivity index (χ0) is 50.1. The number of ether oxygens (including phenoxy) is 2. The lowest BCUT2D eigenvalue weighted by molar-refractivity contribution is -0.302. The quantitative estimate of drug-likeness (QED) is 0.0330. The van der Waals surface area contributed by atoms with Gasteiger partial charge in [0.2, 0.25) is 5.91 Å². The van der Waals surface area contributed by atoms with E-state index < -0.39 is 49.5 Å². The van der Waals surface area contributed by atoms with Crippen LogP contribution in [0.15, 0.2) is 0 Å². The van der Waals surface area contributed by atoms with Crippen LogP contribution in [0.3, 0.4) is 0 Å². The minimum Gasteiger partial charge on any atom is -0.394 e. The van der Waals surface area contributed by atoms with Crippen LogP contribution in [0.1, 0.15) is 322 Å². The van der Waals surface area contributed by atoms with Crippen molar-refractivity contribution in [3.05, 3.63) is 0 Å². The monoisotopic (exact) mass is 982 g/mol. The van der Waals surface area contributed by atoms with Gasteiger partial charge >= 0.3 is 0 Å². The van der Waals surface area contributed by atoms with Crippen LogP contribution in [0.4, 0.5) is 0 Å². The number of carbonyl (C=O) groups excluding carboxylic acids is 1. The van der Waals surface area contributed by atoms with Crippen molar-refractivity contribution in [2.75, 3.05) is 13.2 Å². The van der Waals surface area contributed by atoms with E-state index in [0.717, 1.165) is 38.5 Å². The van der Waals surface area contributed by atoms with Crippen LogP contribution in [0.2, 0.25) is 0 Å². The molecule has 412 valence electrons. The number of hydrogen-bond donors (Lipinski definition) is 6. The smallest absolute Gasteiger partial charge is 0.220 e. The second-order valence-electron chi connectivity index (χ2n) is 21.9. The Morgan fingerprint density at radius 1 is 0.435 bits per heavy atom. The summed E-state index contributed by atoms with van der Waals surface area (Å²) in [5.41, 5.74) is 0. The Hall–Kier alpha value is -0.810. The number of nitrogens with one attached hydrogen (secondary N) is 1. The average molecular weight is 983 g/mol. The summed E-state index contributed by atoms with van der Waals surface area (Å²) in [6, 6.07) is -0.714. The zero-order valence-electron chi connectivity index (χ0n) is 45.9. The predicted molar refractivity (Wildman–Crippen MR) is 291 cm³/mol. The fraction of sp³-hybridized carbons (Fsp3) is 0.983. The molecule has 1 rings (SSSR count). The molecule has 1 heterocycles. The second-order valence-corrected chi connectivity index (χ2v) is 21.9. The minimum atomic E-state index is -1.55. The van der Waals surface area contributed by atoms with Crippen molar-refractivity contribution in [2.45, 2.75) is 365 Å². The molecular formula is C60H119NO8. The highest BCUT2D eigenvalue weighted by atomic mass is 16.7. The molecule has 1 amide bonds. The van der Waals surface area contributed by atoms with Gasteiger partial charge < -0.3 is 40.3 Å². The van der Waals surface area contributed by atoms with Gasteiger partial charge in [-0.2, -0.15) is 0 Å². The van der Waals surface area contributed by atoms with E-state index in [-0.39, 0.29) is 12.5 Å². The summed E-state index contributed by atoms with van der Waals surface area (Å²) in [7, 11) is 0. The molecule has 7 atom stereocenters. The standard InChI is InChI=1S/C60H119NO8/c1-3-5-7-9-11-13-15-17-19-21-23-25-26-27-28-30-31-33-35-37-39-41-43-45-47-49-54(63)53(52-68-60-59(67)58(66)57(65)55(51-62)69-60)61-56(64)50-48-46-44-42-40-38-36-34-32-29-24-22-20-18-16-14-12-10-8-6-4-2/h53-55,57-60,62-63,65-67H,3-52H2,1-2H3,(H,61,64). The van der Waals surface area contributed by atoms with E-state index in [1.54, 1.807) is 0 Å². The first-order valence-corrected chi connectivity index (χ1v) is 30.7. The van der Waals surface area contributed by atoms with E-state index in [1.165, 1.54) is 257 Å². The number of hydrogen-bond acceptors (Lipinski definition) is 8. The van der Waals surface area contributed by atoms with Crippen molar-refractivity contribution < 1.29 is 39.8 Å². The van der Waals surface area contributed by atoms with Gasteiger partial charge in [0.15, 0.2) is 6.29 Å². The number of aliphatic hydroxyl groups excluding tert-OH is 5. The van der Waals surface area contributed by atoms with Crippen LogP contribution in [-0.2, 0) is 14.3 Å². The molecule has 1 fully saturated rings. The topological polar surface area (TPSA) is 149 Å². The highest BCUT2D eigenvalue weighted by molar-refractivity contribution is 5.76. The van der Waals surface area contributed by atoms with Gasteiger partial charge in [-0.1, -0.05) is 303 Å². The first-order valence-electron chi connectivity index (χ1n) is 30.7. The number of rotatable bonds is 54.